The number of rotatable bonds is 4. The van der Waals surface area contributed by atoms with Gasteiger partial charge in [0.25, 0.3) is 0 Å². The highest BCUT2D eigenvalue weighted by atomic mass is 16.5. The van der Waals surface area contributed by atoms with Crippen molar-refractivity contribution in [2.24, 2.45) is 0 Å². The van der Waals surface area contributed by atoms with Crippen LogP contribution in [0.15, 0.2) is 18.2 Å². The highest BCUT2D eigenvalue weighted by Crippen LogP contribution is 2.22. The first-order valence-electron chi connectivity index (χ1n) is 6.23. The minimum absolute atomic E-state index is 0.117. The van der Waals surface area contributed by atoms with Crippen molar-refractivity contribution in [3.8, 4) is 6.07 Å². The van der Waals surface area contributed by atoms with Gasteiger partial charge in [0.05, 0.1) is 17.4 Å². The van der Waals surface area contributed by atoms with Crippen molar-refractivity contribution in [1.82, 2.24) is 0 Å². The average molecular weight is 260 g/mol. The summed E-state index contributed by atoms with van der Waals surface area (Å²) in [6.07, 6.45) is 0.451. The SMILES string of the molecule is Cc1ccc(NCC2CCC(C(=O)O)O2)c(C#N)c1. The molecule has 5 nitrogen and oxygen atoms in total. The Hall–Kier alpha value is -2.06. The first kappa shape index (κ1) is 13.4. The van der Waals surface area contributed by atoms with Crippen LogP contribution in [0.5, 0.6) is 0 Å². The third-order valence-corrected chi connectivity index (χ3v) is 3.20. The molecule has 0 amide bonds. The normalized spacial score (nSPS) is 21.9. The lowest BCUT2D eigenvalue weighted by Gasteiger charge is -2.14. The van der Waals surface area contributed by atoms with Crippen LogP contribution in [0.4, 0.5) is 5.69 Å². The average Bonchev–Trinajstić information content (AvgIpc) is 2.86. The fraction of sp³-hybridized carbons (Fsp3) is 0.429. The Kier molecular flexibility index (Phi) is 4.03. The van der Waals surface area contributed by atoms with E-state index in [0.717, 1.165) is 17.7 Å². The number of carboxylic acid groups (broad SMARTS) is 1. The summed E-state index contributed by atoms with van der Waals surface area (Å²) in [5.74, 6) is -0.907. The third-order valence-electron chi connectivity index (χ3n) is 3.20. The summed E-state index contributed by atoms with van der Waals surface area (Å²) in [6.45, 7) is 2.45. The van der Waals surface area contributed by atoms with Crippen LogP contribution >= 0.6 is 0 Å². The number of aliphatic carboxylic acids is 1. The van der Waals surface area contributed by atoms with Gasteiger partial charge in [-0.3, -0.25) is 0 Å². The van der Waals surface area contributed by atoms with Gasteiger partial charge in [-0.2, -0.15) is 5.26 Å². The van der Waals surface area contributed by atoms with Crippen LogP contribution in [0.25, 0.3) is 0 Å². The second-order valence-corrected chi connectivity index (χ2v) is 4.70. The largest absolute Gasteiger partial charge is 0.479 e. The Labute approximate surface area is 111 Å². The molecule has 5 heteroatoms. The van der Waals surface area contributed by atoms with E-state index in [2.05, 4.69) is 11.4 Å². The molecule has 1 aliphatic rings. The molecule has 0 spiro atoms. The van der Waals surface area contributed by atoms with Crippen molar-refractivity contribution in [2.75, 3.05) is 11.9 Å². The maximum atomic E-state index is 10.8. The molecule has 0 radical (unpaired) electrons. The molecule has 1 aromatic rings. The summed E-state index contributed by atoms with van der Waals surface area (Å²) in [6, 6.07) is 7.75. The molecule has 1 fully saturated rings. The molecule has 2 rings (SSSR count). The molecule has 2 N–H and O–H groups in total. The van der Waals surface area contributed by atoms with Crippen LogP contribution in [0.1, 0.15) is 24.0 Å². The number of ether oxygens (including phenoxy) is 1. The molecular weight excluding hydrogens is 244 g/mol. The predicted octanol–water partition coefficient (Wildman–Crippen LogP) is 1.91. The van der Waals surface area contributed by atoms with E-state index in [4.69, 9.17) is 15.1 Å². The lowest BCUT2D eigenvalue weighted by Crippen LogP contribution is -2.24. The number of nitrogens with one attached hydrogen (secondary N) is 1. The van der Waals surface area contributed by atoms with Crippen LogP contribution in [-0.4, -0.2) is 29.8 Å². The molecule has 0 saturated carbocycles. The molecule has 19 heavy (non-hydrogen) atoms. The number of aryl methyl sites for hydroxylation is 1. The second-order valence-electron chi connectivity index (χ2n) is 4.70. The molecule has 0 aliphatic carbocycles. The van der Waals surface area contributed by atoms with E-state index in [1.807, 2.05) is 25.1 Å². The molecule has 2 atom stereocenters. The maximum Gasteiger partial charge on any atom is 0.332 e. The standard InChI is InChI=1S/C14H16N2O3/c1-9-2-4-12(10(6-9)7-15)16-8-11-3-5-13(19-11)14(17)18/h2,4,6,11,13,16H,3,5,8H2,1H3,(H,17,18). The van der Waals surface area contributed by atoms with Gasteiger partial charge >= 0.3 is 5.97 Å². The molecule has 2 unspecified atom stereocenters. The van der Waals surface area contributed by atoms with Crippen LogP contribution in [-0.2, 0) is 9.53 Å². The zero-order valence-electron chi connectivity index (χ0n) is 10.7. The summed E-state index contributed by atoms with van der Waals surface area (Å²) in [5, 5.41) is 21.0. The lowest BCUT2D eigenvalue weighted by molar-refractivity contribution is -0.149. The Morgan fingerprint density at radius 3 is 3.00 bits per heavy atom. The second kappa shape index (κ2) is 5.72. The fourth-order valence-corrected chi connectivity index (χ4v) is 2.17. The topological polar surface area (TPSA) is 82.3 Å². The van der Waals surface area contributed by atoms with Gasteiger partial charge in [-0.05, 0) is 37.5 Å². The van der Waals surface area contributed by atoms with E-state index in [1.165, 1.54) is 0 Å². The number of nitriles is 1. The van der Waals surface area contributed by atoms with Crippen LogP contribution in [0, 0.1) is 18.3 Å². The van der Waals surface area contributed by atoms with Gasteiger partial charge in [-0.1, -0.05) is 6.07 Å². The van der Waals surface area contributed by atoms with Crippen molar-refractivity contribution in [3.05, 3.63) is 29.3 Å². The van der Waals surface area contributed by atoms with Gasteiger partial charge in [0.15, 0.2) is 6.10 Å². The summed E-state index contributed by atoms with van der Waals surface area (Å²) in [5.41, 5.74) is 2.38. The van der Waals surface area contributed by atoms with Gasteiger partial charge in [0.2, 0.25) is 0 Å². The predicted molar refractivity (Wildman–Crippen MR) is 69.9 cm³/mol. The Bertz CT molecular complexity index is 522. The van der Waals surface area contributed by atoms with Crippen molar-refractivity contribution in [1.29, 1.82) is 5.26 Å². The maximum absolute atomic E-state index is 10.8. The quantitative estimate of drug-likeness (QED) is 0.864. The van der Waals surface area contributed by atoms with Crippen LogP contribution in [0.3, 0.4) is 0 Å². The first-order chi connectivity index (χ1) is 9.10. The van der Waals surface area contributed by atoms with E-state index in [0.29, 0.717) is 18.5 Å². The number of hydrogen-bond acceptors (Lipinski definition) is 4. The van der Waals surface area contributed by atoms with E-state index < -0.39 is 12.1 Å². The number of carbonyl (C=O) groups is 1. The number of benzene rings is 1. The van der Waals surface area contributed by atoms with Crippen LogP contribution in [0.2, 0.25) is 0 Å². The van der Waals surface area contributed by atoms with Crippen molar-refractivity contribution in [2.45, 2.75) is 32.0 Å². The number of nitrogens with zero attached hydrogens (tertiary/aromatic N) is 1. The molecule has 1 aliphatic heterocycles. The Morgan fingerprint density at radius 2 is 2.37 bits per heavy atom. The summed E-state index contributed by atoms with van der Waals surface area (Å²) in [7, 11) is 0. The van der Waals surface area contributed by atoms with E-state index in [-0.39, 0.29) is 6.10 Å². The molecule has 0 bridgehead atoms. The molecule has 1 saturated heterocycles. The summed E-state index contributed by atoms with van der Waals surface area (Å²) >= 11 is 0. The summed E-state index contributed by atoms with van der Waals surface area (Å²) < 4.78 is 5.40. The first-order valence-corrected chi connectivity index (χ1v) is 6.23. The van der Waals surface area contributed by atoms with Gasteiger partial charge in [-0.15, -0.1) is 0 Å². The highest BCUT2D eigenvalue weighted by Gasteiger charge is 2.30. The fourth-order valence-electron chi connectivity index (χ4n) is 2.17. The van der Waals surface area contributed by atoms with E-state index in [9.17, 15) is 4.79 Å². The molecule has 1 aromatic carbocycles. The number of carboxylic acids is 1. The van der Waals surface area contributed by atoms with E-state index >= 15 is 0 Å². The highest BCUT2D eigenvalue weighted by molar-refractivity contribution is 5.72. The van der Waals surface area contributed by atoms with Gasteiger partial charge < -0.3 is 15.2 Å². The Morgan fingerprint density at radius 1 is 1.58 bits per heavy atom. The zero-order valence-corrected chi connectivity index (χ0v) is 10.7. The van der Waals surface area contributed by atoms with Crippen molar-refractivity contribution in [3.63, 3.8) is 0 Å². The molecule has 0 aromatic heterocycles. The van der Waals surface area contributed by atoms with Gasteiger partial charge in [0.1, 0.15) is 6.07 Å². The minimum atomic E-state index is -0.907. The minimum Gasteiger partial charge on any atom is -0.479 e. The Balaban J connectivity index is 1.93. The van der Waals surface area contributed by atoms with Gasteiger partial charge in [0, 0.05) is 6.54 Å². The molecular formula is C14H16N2O3. The van der Waals surface area contributed by atoms with Crippen LogP contribution < -0.4 is 5.32 Å². The van der Waals surface area contributed by atoms with Gasteiger partial charge in [-0.25, -0.2) is 4.79 Å². The third kappa shape index (κ3) is 3.24. The number of anilines is 1. The molecule has 100 valence electrons. The lowest BCUT2D eigenvalue weighted by atomic mass is 10.1. The monoisotopic (exact) mass is 260 g/mol. The number of hydrogen-bond donors (Lipinski definition) is 2. The van der Waals surface area contributed by atoms with Crippen molar-refractivity contribution < 1.29 is 14.6 Å². The van der Waals surface area contributed by atoms with Crippen molar-refractivity contribution >= 4 is 11.7 Å². The smallest absolute Gasteiger partial charge is 0.332 e. The summed E-state index contributed by atoms with van der Waals surface area (Å²) in [4.78, 5) is 10.8. The van der Waals surface area contributed by atoms with E-state index in [1.54, 1.807) is 0 Å². The molecule has 1 heterocycles. The zero-order chi connectivity index (χ0) is 13.8.